The summed E-state index contributed by atoms with van der Waals surface area (Å²) in [7, 11) is 0. The van der Waals surface area contributed by atoms with Crippen LogP contribution in [-0.4, -0.2) is 33.6 Å². The summed E-state index contributed by atoms with van der Waals surface area (Å²) in [6, 6.07) is 20.6. The van der Waals surface area contributed by atoms with Crippen molar-refractivity contribution >= 4 is 34.2 Å². The van der Waals surface area contributed by atoms with E-state index in [1.165, 1.54) is 18.2 Å². The number of nitrogens with zero attached hydrogens (tertiary/aromatic N) is 3. The molecule has 6 rings (SSSR count). The molecule has 1 fully saturated rings. The fourth-order valence-corrected chi connectivity index (χ4v) is 5.29. The van der Waals surface area contributed by atoms with E-state index in [-0.39, 0.29) is 30.4 Å². The Balaban J connectivity index is 1.38. The summed E-state index contributed by atoms with van der Waals surface area (Å²) in [5, 5.41) is 0.371. The van der Waals surface area contributed by atoms with Crippen LogP contribution in [0.3, 0.4) is 0 Å². The molecule has 1 saturated heterocycles. The summed E-state index contributed by atoms with van der Waals surface area (Å²) in [4.78, 5) is 33.0. The number of halogens is 3. The van der Waals surface area contributed by atoms with Gasteiger partial charge in [0.15, 0.2) is 0 Å². The molecule has 3 heterocycles. The van der Waals surface area contributed by atoms with Crippen LogP contribution in [0.25, 0.3) is 22.2 Å². The first-order chi connectivity index (χ1) is 20.3. The molecule has 1 N–H and O–H groups in total. The Bertz CT molecular complexity index is 1820. The highest BCUT2D eigenvalue weighted by molar-refractivity contribution is 6.30. The second-order valence-corrected chi connectivity index (χ2v) is 10.3. The van der Waals surface area contributed by atoms with Crippen LogP contribution in [0.2, 0.25) is 5.02 Å². The zero-order chi connectivity index (χ0) is 29.2. The molecular formula is C31H25ClF2N4O4. The van der Waals surface area contributed by atoms with Crippen LogP contribution >= 0.6 is 11.6 Å². The highest BCUT2D eigenvalue weighted by atomic mass is 35.5. The number of ether oxygens (including phenoxy) is 2. The third kappa shape index (κ3) is 5.84. The number of H-pyrrole nitrogens is 1. The van der Waals surface area contributed by atoms with Gasteiger partial charge in [-0.15, -0.1) is 0 Å². The molecule has 8 nitrogen and oxygen atoms in total. The van der Waals surface area contributed by atoms with E-state index >= 15 is 0 Å². The fourth-order valence-electron chi connectivity index (χ4n) is 5.09. The van der Waals surface area contributed by atoms with Gasteiger partial charge in [-0.1, -0.05) is 23.7 Å². The SMILES string of the molecule is O=C1CCCN1c1cccc(OCc2nc3ccc(-c4ccc(=O)[nH]c4)cc3n2Cc2cc(Cl)ccc2OC(F)F)c1. The van der Waals surface area contributed by atoms with Gasteiger partial charge in [-0.25, -0.2) is 4.98 Å². The number of imidazole rings is 1. The molecule has 3 aromatic carbocycles. The standard InChI is InChI=1S/C31H25ClF2N4O4/c32-22-8-10-27(42-31(33)34)21(13-22)17-38-26-14-19(20-7-11-29(39)35-16-20)6-9-25(26)36-28(38)18-41-24-4-1-3-23(15-24)37-12-2-5-30(37)40/h1,3-4,6-11,13-16,31H,2,5,12,17-18H2,(H,35,39). The molecule has 42 heavy (non-hydrogen) atoms. The molecule has 0 bridgehead atoms. The molecule has 0 spiro atoms. The first-order valence-electron chi connectivity index (χ1n) is 13.3. The van der Waals surface area contributed by atoms with Crippen LogP contribution in [0, 0.1) is 0 Å². The average Bonchev–Trinajstić information content (AvgIpc) is 3.56. The van der Waals surface area contributed by atoms with Crippen molar-refractivity contribution in [2.24, 2.45) is 0 Å². The summed E-state index contributed by atoms with van der Waals surface area (Å²) in [5.74, 6) is 1.18. The molecule has 214 valence electrons. The van der Waals surface area contributed by atoms with Crippen molar-refractivity contribution < 1.29 is 23.0 Å². The minimum absolute atomic E-state index is 0.00268. The average molecular weight is 591 g/mol. The molecule has 5 aromatic rings. The van der Waals surface area contributed by atoms with Crippen LogP contribution in [0.1, 0.15) is 24.2 Å². The molecule has 0 atom stereocenters. The number of benzene rings is 3. The molecule has 0 saturated carbocycles. The van der Waals surface area contributed by atoms with E-state index < -0.39 is 6.61 Å². The molecule has 0 radical (unpaired) electrons. The predicted molar refractivity (Wildman–Crippen MR) is 155 cm³/mol. The lowest BCUT2D eigenvalue weighted by Crippen LogP contribution is -2.23. The quantitative estimate of drug-likeness (QED) is 0.215. The maximum atomic E-state index is 13.2. The van der Waals surface area contributed by atoms with Crippen LogP contribution in [0.15, 0.2) is 83.8 Å². The van der Waals surface area contributed by atoms with Crippen LogP contribution in [0.5, 0.6) is 11.5 Å². The minimum atomic E-state index is -3.01. The Morgan fingerprint density at radius 2 is 1.86 bits per heavy atom. The number of hydrogen-bond donors (Lipinski definition) is 1. The monoisotopic (exact) mass is 590 g/mol. The third-order valence-corrected chi connectivity index (χ3v) is 7.32. The van der Waals surface area contributed by atoms with Crippen molar-refractivity contribution in [1.82, 2.24) is 14.5 Å². The van der Waals surface area contributed by atoms with E-state index in [1.807, 2.05) is 41.0 Å². The lowest BCUT2D eigenvalue weighted by molar-refractivity contribution is -0.117. The maximum Gasteiger partial charge on any atom is 0.387 e. The highest BCUT2D eigenvalue weighted by Crippen LogP contribution is 2.31. The van der Waals surface area contributed by atoms with Crippen molar-refractivity contribution in [3.63, 3.8) is 0 Å². The Labute approximate surface area is 244 Å². The number of anilines is 1. The topological polar surface area (TPSA) is 89.5 Å². The van der Waals surface area contributed by atoms with E-state index in [2.05, 4.69) is 4.98 Å². The normalized spacial score (nSPS) is 13.3. The Morgan fingerprint density at radius 1 is 1.00 bits per heavy atom. The molecule has 0 aliphatic carbocycles. The number of rotatable bonds is 9. The first kappa shape index (κ1) is 27.5. The van der Waals surface area contributed by atoms with Gasteiger partial charge in [-0.05, 0) is 66.1 Å². The lowest BCUT2D eigenvalue weighted by atomic mass is 10.1. The number of carbonyl (C=O) groups excluding carboxylic acids is 1. The van der Waals surface area contributed by atoms with Gasteiger partial charge < -0.3 is 23.9 Å². The predicted octanol–water partition coefficient (Wildman–Crippen LogP) is 6.40. The van der Waals surface area contributed by atoms with Crippen LogP contribution in [0.4, 0.5) is 14.5 Å². The van der Waals surface area contributed by atoms with E-state index in [4.69, 9.17) is 26.1 Å². The van der Waals surface area contributed by atoms with Crippen LogP contribution in [-0.2, 0) is 17.9 Å². The molecule has 11 heteroatoms. The van der Waals surface area contributed by atoms with Crippen LogP contribution < -0.4 is 19.9 Å². The Kier molecular flexibility index (Phi) is 7.62. The number of aromatic nitrogens is 3. The van der Waals surface area contributed by atoms with Gasteiger partial charge in [0, 0.05) is 47.6 Å². The van der Waals surface area contributed by atoms with Crippen molar-refractivity contribution in [2.75, 3.05) is 11.4 Å². The second-order valence-electron chi connectivity index (χ2n) is 9.82. The van der Waals surface area contributed by atoms with Gasteiger partial charge >= 0.3 is 6.61 Å². The van der Waals surface area contributed by atoms with Gasteiger partial charge in [0.1, 0.15) is 23.9 Å². The van der Waals surface area contributed by atoms with E-state index in [0.717, 1.165) is 28.8 Å². The Morgan fingerprint density at radius 3 is 2.62 bits per heavy atom. The number of amides is 1. The van der Waals surface area contributed by atoms with E-state index in [0.29, 0.717) is 40.6 Å². The number of carbonyl (C=O) groups is 1. The maximum absolute atomic E-state index is 13.2. The first-order valence-corrected chi connectivity index (χ1v) is 13.7. The van der Waals surface area contributed by atoms with Gasteiger partial charge in [-0.3, -0.25) is 9.59 Å². The summed E-state index contributed by atoms with van der Waals surface area (Å²) < 4.78 is 39.2. The lowest BCUT2D eigenvalue weighted by Gasteiger charge is -2.17. The molecular weight excluding hydrogens is 566 g/mol. The van der Waals surface area contributed by atoms with Crippen molar-refractivity contribution in [1.29, 1.82) is 0 Å². The summed E-state index contributed by atoms with van der Waals surface area (Å²) in [6.45, 7) is -2.16. The second kappa shape index (κ2) is 11.7. The summed E-state index contributed by atoms with van der Waals surface area (Å²) in [6.07, 6.45) is 2.96. The zero-order valence-corrected chi connectivity index (χ0v) is 23.0. The smallest absolute Gasteiger partial charge is 0.387 e. The van der Waals surface area contributed by atoms with Crippen molar-refractivity contribution in [3.8, 4) is 22.6 Å². The number of hydrogen-bond acceptors (Lipinski definition) is 5. The largest absolute Gasteiger partial charge is 0.486 e. The third-order valence-electron chi connectivity index (χ3n) is 7.08. The van der Waals surface area contributed by atoms with Gasteiger partial charge in [0.2, 0.25) is 11.5 Å². The molecule has 2 aromatic heterocycles. The Hall–Kier alpha value is -4.70. The number of fused-ring (bicyclic) bond motifs is 1. The minimum Gasteiger partial charge on any atom is -0.486 e. The number of alkyl halides is 2. The number of pyridine rings is 1. The fraction of sp³-hybridized carbons (Fsp3) is 0.194. The zero-order valence-electron chi connectivity index (χ0n) is 22.2. The molecule has 1 amide bonds. The summed E-state index contributed by atoms with van der Waals surface area (Å²) >= 11 is 6.24. The van der Waals surface area contributed by atoms with E-state index in [9.17, 15) is 18.4 Å². The van der Waals surface area contributed by atoms with Gasteiger partial charge in [0.25, 0.3) is 0 Å². The molecule has 1 aliphatic rings. The van der Waals surface area contributed by atoms with Crippen molar-refractivity contribution in [2.45, 2.75) is 32.6 Å². The number of aromatic amines is 1. The van der Waals surface area contributed by atoms with Gasteiger partial charge in [0.05, 0.1) is 17.6 Å². The number of nitrogens with one attached hydrogen (secondary N) is 1. The van der Waals surface area contributed by atoms with E-state index in [1.54, 1.807) is 29.3 Å². The highest BCUT2D eigenvalue weighted by Gasteiger charge is 2.22. The van der Waals surface area contributed by atoms with Gasteiger partial charge in [-0.2, -0.15) is 8.78 Å². The molecule has 0 unspecified atom stereocenters. The summed E-state index contributed by atoms with van der Waals surface area (Å²) in [5.41, 5.74) is 3.99. The van der Waals surface area contributed by atoms with Crippen molar-refractivity contribution in [3.05, 3.63) is 106 Å². The molecule has 1 aliphatic heterocycles.